The van der Waals surface area contributed by atoms with E-state index in [1.165, 1.54) is 60.3 Å². The van der Waals surface area contributed by atoms with Crippen molar-refractivity contribution in [3.05, 3.63) is 107 Å². The Morgan fingerprint density at radius 3 is 2.41 bits per heavy atom. The number of pyridine rings is 1. The van der Waals surface area contributed by atoms with Gasteiger partial charge in [-0.1, -0.05) is 12.1 Å². The van der Waals surface area contributed by atoms with Gasteiger partial charge in [0.15, 0.2) is 17.5 Å². The zero-order chi connectivity index (χ0) is 26.2. The lowest BCUT2D eigenvalue weighted by molar-refractivity contribution is 0.413. The predicted molar refractivity (Wildman–Crippen MR) is 134 cm³/mol. The number of halogens is 2. The van der Waals surface area contributed by atoms with Gasteiger partial charge in [0.05, 0.1) is 23.2 Å². The van der Waals surface area contributed by atoms with Crippen molar-refractivity contribution < 1.29 is 21.9 Å². The van der Waals surface area contributed by atoms with Gasteiger partial charge >= 0.3 is 0 Å². The maximum absolute atomic E-state index is 13.8. The maximum atomic E-state index is 13.8. The summed E-state index contributed by atoms with van der Waals surface area (Å²) in [7, 11) is -2.55. The fourth-order valence-corrected chi connectivity index (χ4v) is 4.94. The van der Waals surface area contributed by atoms with Crippen molar-refractivity contribution in [3.8, 4) is 22.6 Å². The summed E-state index contributed by atoms with van der Waals surface area (Å²) in [6, 6.07) is 18.6. The molecular formula is C26H18F2N4O4S. The number of nitrogens with one attached hydrogen (secondary N) is 1. The first kappa shape index (κ1) is 24.1. The third-order valence-electron chi connectivity index (χ3n) is 5.66. The highest BCUT2D eigenvalue weighted by Gasteiger charge is 2.18. The van der Waals surface area contributed by atoms with E-state index in [0.717, 1.165) is 12.1 Å². The number of hydrogen-bond acceptors (Lipinski definition) is 6. The lowest BCUT2D eigenvalue weighted by Crippen LogP contribution is -2.19. The van der Waals surface area contributed by atoms with Gasteiger partial charge in [-0.05, 0) is 71.8 Å². The molecule has 3 aromatic carbocycles. The van der Waals surface area contributed by atoms with Gasteiger partial charge in [0.25, 0.3) is 15.6 Å². The van der Waals surface area contributed by atoms with Crippen LogP contribution in [0.5, 0.6) is 5.75 Å². The van der Waals surface area contributed by atoms with Crippen molar-refractivity contribution in [1.82, 2.24) is 14.8 Å². The lowest BCUT2D eigenvalue weighted by atomic mass is 10.0. The normalized spacial score (nSPS) is 11.4. The van der Waals surface area contributed by atoms with Crippen LogP contribution < -0.4 is 15.0 Å². The molecule has 0 fully saturated rings. The molecule has 0 saturated heterocycles. The number of fused-ring (bicyclic) bond motifs is 1. The summed E-state index contributed by atoms with van der Waals surface area (Å²) >= 11 is 0. The third-order valence-corrected chi connectivity index (χ3v) is 7.01. The number of sulfonamides is 1. The number of hydrogen-bond donors (Lipinski definition) is 1. The van der Waals surface area contributed by atoms with Crippen LogP contribution in [-0.2, 0) is 10.0 Å². The largest absolute Gasteiger partial charge is 0.495 e. The molecular weight excluding hydrogens is 502 g/mol. The van der Waals surface area contributed by atoms with Crippen LogP contribution in [0.2, 0.25) is 0 Å². The monoisotopic (exact) mass is 520 g/mol. The minimum absolute atomic E-state index is 0.0310. The second-order valence-corrected chi connectivity index (χ2v) is 9.64. The van der Waals surface area contributed by atoms with Crippen molar-refractivity contribution in [2.75, 3.05) is 11.8 Å². The molecule has 0 unspecified atom stereocenters. The predicted octanol–water partition coefficient (Wildman–Crippen LogP) is 4.54. The van der Waals surface area contributed by atoms with Crippen LogP contribution in [0.15, 0.2) is 94.7 Å². The highest BCUT2D eigenvalue weighted by molar-refractivity contribution is 7.92. The molecule has 2 aromatic heterocycles. The van der Waals surface area contributed by atoms with Crippen LogP contribution in [0.4, 0.5) is 14.6 Å². The molecule has 0 atom stereocenters. The smallest absolute Gasteiger partial charge is 0.263 e. The molecule has 5 aromatic rings. The standard InChI is InChI=1S/C26H18F2N4O4S/c1-36-24-15-17(16-4-8-20(27)21(28)14-16)5-9-23(24)32-22-10-7-19(13-18(22)6-11-26(32)33)37(34,35)31-25-3-2-12-29-30-25/h2-15H,1H3,(H,30,31). The summed E-state index contributed by atoms with van der Waals surface area (Å²) in [6.07, 6.45) is 1.42. The Balaban J connectivity index is 1.59. The molecule has 2 heterocycles. The molecule has 1 N–H and O–H groups in total. The Bertz CT molecular complexity index is 1810. The summed E-state index contributed by atoms with van der Waals surface area (Å²) in [4.78, 5) is 12.9. The van der Waals surface area contributed by atoms with Crippen molar-refractivity contribution >= 4 is 26.7 Å². The average molecular weight is 521 g/mol. The van der Waals surface area contributed by atoms with Crippen molar-refractivity contribution in [1.29, 1.82) is 0 Å². The van der Waals surface area contributed by atoms with Gasteiger partial charge in [-0.25, -0.2) is 17.2 Å². The van der Waals surface area contributed by atoms with E-state index in [0.29, 0.717) is 33.5 Å². The molecule has 0 spiro atoms. The summed E-state index contributed by atoms with van der Waals surface area (Å²) in [5.41, 5.74) is 1.43. The SMILES string of the molecule is COc1cc(-c2ccc(F)c(F)c2)ccc1-n1c(=O)ccc2cc(S(=O)(=O)Nc3cccnn3)ccc21. The highest BCUT2D eigenvalue weighted by atomic mass is 32.2. The van der Waals surface area contributed by atoms with E-state index in [-0.39, 0.29) is 16.3 Å². The molecule has 0 saturated carbocycles. The van der Waals surface area contributed by atoms with Crippen molar-refractivity contribution in [2.45, 2.75) is 4.90 Å². The second-order valence-electron chi connectivity index (χ2n) is 7.96. The van der Waals surface area contributed by atoms with Crippen LogP contribution in [0.3, 0.4) is 0 Å². The van der Waals surface area contributed by atoms with E-state index < -0.39 is 21.7 Å². The van der Waals surface area contributed by atoms with E-state index in [4.69, 9.17) is 4.74 Å². The van der Waals surface area contributed by atoms with Crippen molar-refractivity contribution in [2.24, 2.45) is 0 Å². The topological polar surface area (TPSA) is 103 Å². The number of ether oxygens (including phenoxy) is 1. The summed E-state index contributed by atoms with van der Waals surface area (Å²) in [5, 5.41) is 7.87. The molecule has 0 amide bonds. The minimum atomic E-state index is -3.97. The molecule has 0 aliphatic heterocycles. The number of nitrogens with zero attached hydrogens (tertiary/aromatic N) is 3. The van der Waals surface area contributed by atoms with Gasteiger partial charge in [0.2, 0.25) is 0 Å². The first-order valence-corrected chi connectivity index (χ1v) is 12.4. The molecule has 0 aliphatic rings. The Hall–Kier alpha value is -4.64. The van der Waals surface area contributed by atoms with Crippen LogP contribution >= 0.6 is 0 Å². The Kier molecular flexibility index (Phi) is 6.14. The fraction of sp³-hybridized carbons (Fsp3) is 0.0385. The fourth-order valence-electron chi connectivity index (χ4n) is 3.91. The Labute approximate surface area is 209 Å². The molecule has 5 rings (SSSR count). The summed E-state index contributed by atoms with van der Waals surface area (Å²) < 4.78 is 62.1. The van der Waals surface area contributed by atoms with Gasteiger partial charge in [-0.3, -0.25) is 14.1 Å². The second kappa shape index (κ2) is 9.43. The quantitative estimate of drug-likeness (QED) is 0.353. The number of benzene rings is 3. The minimum Gasteiger partial charge on any atom is -0.495 e. The lowest BCUT2D eigenvalue weighted by Gasteiger charge is -2.16. The molecule has 0 bridgehead atoms. The van der Waals surface area contributed by atoms with Crippen LogP contribution in [0.1, 0.15) is 0 Å². The van der Waals surface area contributed by atoms with E-state index in [9.17, 15) is 22.0 Å². The number of methoxy groups -OCH3 is 1. The van der Waals surface area contributed by atoms with Crippen molar-refractivity contribution in [3.63, 3.8) is 0 Å². The van der Waals surface area contributed by atoms with Gasteiger partial charge < -0.3 is 4.74 Å². The van der Waals surface area contributed by atoms with Gasteiger partial charge in [-0.15, -0.1) is 5.10 Å². The van der Waals surface area contributed by atoms with E-state index >= 15 is 0 Å². The number of rotatable bonds is 6. The highest BCUT2D eigenvalue weighted by Crippen LogP contribution is 2.32. The van der Waals surface area contributed by atoms with Gasteiger partial charge in [0, 0.05) is 17.6 Å². The third kappa shape index (κ3) is 4.64. The van der Waals surface area contributed by atoms with E-state index in [1.807, 2.05) is 0 Å². The molecule has 0 aliphatic carbocycles. The van der Waals surface area contributed by atoms with E-state index in [2.05, 4.69) is 14.9 Å². The zero-order valence-electron chi connectivity index (χ0n) is 19.2. The van der Waals surface area contributed by atoms with Crippen LogP contribution in [0, 0.1) is 11.6 Å². The molecule has 186 valence electrons. The average Bonchev–Trinajstić information content (AvgIpc) is 2.90. The van der Waals surface area contributed by atoms with Gasteiger partial charge in [-0.2, -0.15) is 5.10 Å². The molecule has 37 heavy (non-hydrogen) atoms. The summed E-state index contributed by atoms with van der Waals surface area (Å²) in [5.74, 6) is -1.57. The summed E-state index contributed by atoms with van der Waals surface area (Å²) in [6.45, 7) is 0. The van der Waals surface area contributed by atoms with Crippen LogP contribution in [-0.4, -0.2) is 30.3 Å². The first-order valence-electron chi connectivity index (χ1n) is 10.9. The number of aromatic nitrogens is 3. The van der Waals surface area contributed by atoms with E-state index in [1.54, 1.807) is 24.3 Å². The number of anilines is 1. The van der Waals surface area contributed by atoms with Crippen LogP contribution in [0.25, 0.3) is 27.7 Å². The first-order chi connectivity index (χ1) is 17.8. The Morgan fingerprint density at radius 2 is 1.68 bits per heavy atom. The molecule has 8 nitrogen and oxygen atoms in total. The maximum Gasteiger partial charge on any atom is 0.263 e. The molecule has 11 heteroatoms. The zero-order valence-corrected chi connectivity index (χ0v) is 20.0. The Morgan fingerprint density at radius 1 is 0.892 bits per heavy atom. The molecule has 0 radical (unpaired) electrons. The van der Waals surface area contributed by atoms with Gasteiger partial charge in [0.1, 0.15) is 5.75 Å².